The van der Waals surface area contributed by atoms with Gasteiger partial charge in [-0.05, 0) is 148 Å². The smallest absolute Gasteiger partial charge is 0.355 e. The zero-order valence-corrected chi connectivity index (χ0v) is 69.2. The number of halogens is 15. The second-order valence-corrected chi connectivity index (χ2v) is 32.6. The molecule has 3 atom stereocenters. The lowest BCUT2D eigenvalue weighted by Crippen LogP contribution is -2.37. The van der Waals surface area contributed by atoms with Crippen molar-refractivity contribution in [3.05, 3.63) is 205 Å². The Kier molecular flexibility index (Phi) is 24.7. The van der Waals surface area contributed by atoms with Crippen LogP contribution in [0.5, 0.6) is 0 Å². The molecular formula is C84H81Cl3F12N18O3. The summed E-state index contributed by atoms with van der Waals surface area (Å²) in [4.78, 5) is 86.5. The van der Waals surface area contributed by atoms with E-state index < -0.39 is 153 Å². The summed E-state index contributed by atoms with van der Waals surface area (Å²) in [7, 11) is 0. The third-order valence-corrected chi connectivity index (χ3v) is 22.8. The van der Waals surface area contributed by atoms with E-state index in [1.165, 1.54) is 13.7 Å². The molecule has 0 spiro atoms. The van der Waals surface area contributed by atoms with E-state index >= 15 is 26.3 Å². The van der Waals surface area contributed by atoms with Crippen LogP contribution in [0.4, 0.5) is 87.2 Å². The number of nitrogens with two attached hydrogens (primary N) is 3. The first kappa shape index (κ1) is 86.7. The number of fused-ring (bicyclic) bond motifs is 3. The van der Waals surface area contributed by atoms with E-state index in [4.69, 9.17) is 52.0 Å². The van der Waals surface area contributed by atoms with E-state index in [9.17, 15) is 40.7 Å². The molecule has 6 N–H and O–H groups in total. The Bertz CT molecular complexity index is 5690. The van der Waals surface area contributed by atoms with Crippen molar-refractivity contribution in [3.8, 4) is 50.8 Å². The molecule has 15 rings (SSSR count). The summed E-state index contributed by atoms with van der Waals surface area (Å²) in [5, 5.41) is -1.68. The SMILES string of the molecule is Cc1ccnc(C(C)C)c1-n1c(=O)nc(N2CCC[C@H](C)C2)c2cc(F)c(-c3c(F)c(F)c(F)c(N)c3Cl)nc21.Cc1ccnc(C(C)C)c1-n1c(=O)nc(N2CCC[C@H](C)C2)c2cc(F)c(-c3c(F)c(F)c(F)c(N)c3Cl)nc21.Cc1ccnc(C(C)C)c1-n1c(=O)nc(N2CCC[C@H](C)C2)c2cc(F)c(-c3c(F)c(F)c(F)c(N)c3Cl)nc21. The standard InChI is InChI=1S/3C28H27ClF4N6O/c3*1-12(2)23-25(14(4)7-8-35-23)39-27-15(26(37-28(39)40)38-9-5-6-13(3)11-38)10-16(30)24(36-27)17-18(29)22(34)21(33)20(32)19(17)31/h3*7-8,10,12-13H,5-6,9,11,34H2,1-4H3/t3*13-/m000/s1. The van der Waals surface area contributed by atoms with E-state index in [1.807, 2.05) is 56.2 Å². The quantitative estimate of drug-likeness (QED) is 0.0444. The van der Waals surface area contributed by atoms with Gasteiger partial charge in [0.1, 0.15) is 34.5 Å². The lowest BCUT2D eigenvalue weighted by molar-refractivity contribution is 0.445. The van der Waals surface area contributed by atoms with Crippen molar-refractivity contribution in [2.45, 2.75) is 139 Å². The Morgan fingerprint density at radius 1 is 0.375 bits per heavy atom. The van der Waals surface area contributed by atoms with Crippen molar-refractivity contribution >= 4 is 102 Å². The van der Waals surface area contributed by atoms with Gasteiger partial charge in [0.25, 0.3) is 0 Å². The maximum absolute atomic E-state index is 15.8. The second-order valence-electron chi connectivity index (χ2n) is 31.5. The number of anilines is 6. The van der Waals surface area contributed by atoms with Crippen LogP contribution in [-0.4, -0.2) is 97.8 Å². The molecule has 12 heterocycles. The van der Waals surface area contributed by atoms with E-state index in [1.54, 1.807) is 57.6 Å². The summed E-state index contributed by atoms with van der Waals surface area (Å²) in [6.45, 7) is 26.4. The average molecular weight is 1730 g/mol. The molecule has 0 bridgehead atoms. The van der Waals surface area contributed by atoms with Crippen molar-refractivity contribution in [3.63, 3.8) is 0 Å². The highest BCUT2D eigenvalue weighted by Gasteiger charge is 2.36. The van der Waals surface area contributed by atoms with Gasteiger partial charge in [0.15, 0.2) is 86.7 Å². The molecule has 3 aliphatic heterocycles. The Morgan fingerprint density at radius 2 is 0.617 bits per heavy atom. The number of benzene rings is 3. The van der Waals surface area contributed by atoms with Gasteiger partial charge < -0.3 is 31.9 Å². The highest BCUT2D eigenvalue weighted by molar-refractivity contribution is 6.37. The number of pyridine rings is 6. The summed E-state index contributed by atoms with van der Waals surface area (Å²) in [5.41, 5.74) is 11.7. The normalized spacial score (nSPS) is 15.8. The third kappa shape index (κ3) is 15.6. The van der Waals surface area contributed by atoms with Crippen LogP contribution in [0.25, 0.3) is 83.9 Å². The van der Waals surface area contributed by atoms with Crippen LogP contribution in [-0.2, 0) is 0 Å². The van der Waals surface area contributed by atoms with Crippen LogP contribution >= 0.6 is 34.8 Å². The van der Waals surface area contributed by atoms with Crippen LogP contribution < -0.4 is 49.0 Å². The summed E-state index contributed by atoms with van der Waals surface area (Å²) in [6.07, 6.45) is 10.3. The number of piperidine rings is 3. The number of hydrogen-bond donors (Lipinski definition) is 3. The van der Waals surface area contributed by atoms with Gasteiger partial charge in [0, 0.05) is 57.9 Å². The maximum atomic E-state index is 15.8. The molecule has 21 nitrogen and oxygen atoms in total. The molecule has 0 saturated carbocycles. The van der Waals surface area contributed by atoms with Gasteiger partial charge in [0.05, 0.1) is 99.1 Å². The largest absolute Gasteiger partial charge is 0.395 e. The summed E-state index contributed by atoms with van der Waals surface area (Å²) in [5.74, 6) is -18.1. The second kappa shape index (κ2) is 34.1. The molecule has 3 aromatic carbocycles. The molecule has 0 radical (unpaired) electrons. The fourth-order valence-corrected chi connectivity index (χ4v) is 16.5. The predicted octanol–water partition coefficient (Wildman–Crippen LogP) is 18.9. The van der Waals surface area contributed by atoms with Crippen molar-refractivity contribution < 1.29 is 52.7 Å². The van der Waals surface area contributed by atoms with Crippen molar-refractivity contribution in [2.75, 3.05) is 71.2 Å². The first-order valence-electron chi connectivity index (χ1n) is 38.6. The zero-order chi connectivity index (χ0) is 87.1. The molecule has 3 aliphatic rings. The third-order valence-electron chi connectivity index (χ3n) is 21.7. The number of nitrogens with zero attached hydrogens (tertiary/aromatic N) is 15. The molecule has 0 amide bonds. The van der Waals surface area contributed by atoms with Gasteiger partial charge in [-0.1, -0.05) is 97.1 Å². The van der Waals surface area contributed by atoms with Crippen LogP contribution in [0.15, 0.2) is 69.4 Å². The highest BCUT2D eigenvalue weighted by Crippen LogP contribution is 2.46. The van der Waals surface area contributed by atoms with Gasteiger partial charge in [-0.2, -0.15) is 15.0 Å². The average Bonchev–Trinajstić information content (AvgIpc) is 0.739. The maximum Gasteiger partial charge on any atom is 0.355 e. The number of nitrogen functional groups attached to an aromatic ring is 3. The predicted molar refractivity (Wildman–Crippen MR) is 441 cm³/mol. The molecule has 36 heteroatoms. The monoisotopic (exact) mass is 1720 g/mol. The molecule has 120 heavy (non-hydrogen) atoms. The van der Waals surface area contributed by atoms with Gasteiger partial charge >= 0.3 is 17.1 Å². The van der Waals surface area contributed by atoms with Crippen molar-refractivity contribution in [2.24, 2.45) is 17.8 Å². The van der Waals surface area contributed by atoms with Crippen molar-refractivity contribution in [1.82, 2.24) is 58.6 Å². The molecule has 9 aromatic heterocycles. The Hall–Kier alpha value is -11.2. The molecular weight excluding hydrogens is 1640 g/mol. The van der Waals surface area contributed by atoms with Gasteiger partial charge in [-0.3, -0.25) is 15.0 Å². The van der Waals surface area contributed by atoms with Gasteiger partial charge in [-0.25, -0.2) is 95.7 Å². The molecule has 0 unspecified atom stereocenters. The summed E-state index contributed by atoms with van der Waals surface area (Å²) >= 11 is 18.3. The molecule has 3 fully saturated rings. The Labute approximate surface area is 694 Å². The molecule has 3 saturated heterocycles. The summed E-state index contributed by atoms with van der Waals surface area (Å²) in [6, 6.07) is 8.29. The first-order valence-corrected chi connectivity index (χ1v) is 39.8. The molecule has 630 valence electrons. The minimum Gasteiger partial charge on any atom is -0.395 e. The van der Waals surface area contributed by atoms with Gasteiger partial charge in [-0.15, -0.1) is 0 Å². The lowest BCUT2D eigenvalue weighted by atomic mass is 10.00. The number of aromatic nitrogens is 12. The molecule has 12 aromatic rings. The van der Waals surface area contributed by atoms with Crippen LogP contribution in [0.2, 0.25) is 15.1 Å². The highest BCUT2D eigenvalue weighted by atomic mass is 35.5. The number of rotatable bonds is 12. The van der Waals surface area contributed by atoms with Crippen LogP contribution in [0, 0.1) is 108 Å². The fourth-order valence-electron chi connectivity index (χ4n) is 15.7. The number of aryl methyl sites for hydroxylation is 3. The van der Waals surface area contributed by atoms with Crippen LogP contribution in [0.3, 0.4) is 0 Å². The summed E-state index contributed by atoms with van der Waals surface area (Å²) < 4.78 is 182. The zero-order valence-electron chi connectivity index (χ0n) is 67.0. The Balaban J connectivity index is 0.000000156. The van der Waals surface area contributed by atoms with E-state index in [0.717, 1.165) is 56.7 Å². The number of hydrogen-bond acceptors (Lipinski definition) is 18. The minimum atomic E-state index is -1.92. The lowest BCUT2D eigenvalue weighted by Gasteiger charge is -2.32. The Morgan fingerprint density at radius 3 is 0.842 bits per heavy atom. The van der Waals surface area contributed by atoms with E-state index in [0.29, 0.717) is 108 Å². The first-order chi connectivity index (χ1) is 56.7. The van der Waals surface area contributed by atoms with E-state index in [-0.39, 0.29) is 68.3 Å². The van der Waals surface area contributed by atoms with E-state index in [2.05, 4.69) is 65.6 Å². The fraction of sp³-hybridized carbons (Fsp3) is 0.357. The van der Waals surface area contributed by atoms with Crippen molar-refractivity contribution in [1.29, 1.82) is 0 Å². The van der Waals surface area contributed by atoms with Gasteiger partial charge in [0.2, 0.25) is 0 Å². The molecule has 0 aliphatic carbocycles. The van der Waals surface area contributed by atoms with Crippen LogP contribution in [0.1, 0.15) is 152 Å². The topological polar surface area (TPSA) is 270 Å². The minimum absolute atomic E-state index is 0.0682.